The molecule has 0 aliphatic rings. The third-order valence-corrected chi connectivity index (χ3v) is 4.39. The summed E-state index contributed by atoms with van der Waals surface area (Å²) >= 11 is 0. The van der Waals surface area contributed by atoms with Gasteiger partial charge in [-0.3, -0.25) is 14.9 Å². The highest BCUT2D eigenvalue weighted by Gasteiger charge is 2.33. The monoisotopic (exact) mass is 408 g/mol. The number of ether oxygens (including phenoxy) is 2. The van der Waals surface area contributed by atoms with E-state index in [1.54, 1.807) is 30.3 Å². The van der Waals surface area contributed by atoms with Crippen LogP contribution in [0.3, 0.4) is 0 Å². The van der Waals surface area contributed by atoms with Crippen molar-refractivity contribution in [3.63, 3.8) is 0 Å². The Balaban J connectivity index is 2.28. The summed E-state index contributed by atoms with van der Waals surface area (Å²) in [5, 5.41) is 11.1. The number of ketones is 1. The van der Waals surface area contributed by atoms with Crippen molar-refractivity contribution in [3.05, 3.63) is 87.1 Å². The zero-order valence-electron chi connectivity index (χ0n) is 16.0. The molecular formula is C21H16N2O7. The topological polar surface area (TPSA) is 129 Å². The number of aromatic nitrogens is 1. The lowest BCUT2D eigenvalue weighted by Crippen LogP contribution is -2.14. The first-order valence-electron chi connectivity index (χ1n) is 8.66. The van der Waals surface area contributed by atoms with Gasteiger partial charge in [0.05, 0.1) is 24.8 Å². The summed E-state index contributed by atoms with van der Waals surface area (Å²) in [6.07, 6.45) is 0. The molecule has 0 spiro atoms. The van der Waals surface area contributed by atoms with Gasteiger partial charge in [0, 0.05) is 17.7 Å². The van der Waals surface area contributed by atoms with Crippen molar-refractivity contribution in [2.75, 3.05) is 14.2 Å². The van der Waals surface area contributed by atoms with Crippen LogP contribution in [0.1, 0.15) is 36.8 Å². The molecular weight excluding hydrogens is 392 g/mol. The summed E-state index contributed by atoms with van der Waals surface area (Å²) in [6.45, 7) is 0. The normalized spacial score (nSPS) is 10.3. The Hall–Kier alpha value is -4.27. The fourth-order valence-electron chi connectivity index (χ4n) is 3.01. The van der Waals surface area contributed by atoms with Crippen molar-refractivity contribution in [3.8, 4) is 11.3 Å². The second-order valence-electron chi connectivity index (χ2n) is 6.11. The van der Waals surface area contributed by atoms with Crippen molar-refractivity contribution >= 4 is 23.4 Å². The smallest absolute Gasteiger partial charge is 0.341 e. The zero-order valence-corrected chi connectivity index (χ0v) is 16.0. The first kappa shape index (κ1) is 20.5. The molecule has 0 aliphatic heterocycles. The Morgan fingerprint density at radius 1 is 0.900 bits per heavy atom. The van der Waals surface area contributed by atoms with Gasteiger partial charge in [-0.1, -0.05) is 42.5 Å². The van der Waals surface area contributed by atoms with Crippen molar-refractivity contribution < 1.29 is 28.8 Å². The highest BCUT2D eigenvalue weighted by Crippen LogP contribution is 2.31. The van der Waals surface area contributed by atoms with Crippen LogP contribution in [0.2, 0.25) is 0 Å². The number of carbonyl (C=O) groups is 3. The third-order valence-electron chi connectivity index (χ3n) is 4.39. The maximum absolute atomic E-state index is 13.2. The summed E-state index contributed by atoms with van der Waals surface area (Å²) in [5.74, 6) is -2.49. The van der Waals surface area contributed by atoms with Gasteiger partial charge in [0.1, 0.15) is 16.8 Å². The number of hydrogen-bond donors (Lipinski definition) is 1. The average Bonchev–Trinajstić information content (AvgIpc) is 3.18. The number of hydrogen-bond acceptors (Lipinski definition) is 7. The number of nitro groups is 1. The van der Waals surface area contributed by atoms with Gasteiger partial charge in [0.25, 0.3) is 5.69 Å². The number of rotatable bonds is 6. The van der Waals surface area contributed by atoms with Crippen molar-refractivity contribution in [1.29, 1.82) is 0 Å². The highest BCUT2D eigenvalue weighted by molar-refractivity contribution is 6.19. The van der Waals surface area contributed by atoms with E-state index in [0.29, 0.717) is 5.56 Å². The van der Waals surface area contributed by atoms with E-state index in [-0.39, 0.29) is 33.8 Å². The van der Waals surface area contributed by atoms with Gasteiger partial charge in [0.2, 0.25) is 5.78 Å². The predicted octanol–water partition coefficient (Wildman–Crippen LogP) is 3.39. The maximum atomic E-state index is 13.2. The van der Waals surface area contributed by atoms with E-state index in [0.717, 1.165) is 20.3 Å². The van der Waals surface area contributed by atoms with Gasteiger partial charge < -0.3 is 14.5 Å². The number of esters is 2. The molecule has 2 aromatic carbocycles. The van der Waals surface area contributed by atoms with E-state index in [1.807, 2.05) is 0 Å². The first-order chi connectivity index (χ1) is 14.4. The number of carbonyl (C=O) groups excluding carboxylic acids is 3. The maximum Gasteiger partial charge on any atom is 0.341 e. The lowest BCUT2D eigenvalue weighted by Gasteiger charge is -2.05. The van der Waals surface area contributed by atoms with Gasteiger partial charge in [-0.2, -0.15) is 0 Å². The van der Waals surface area contributed by atoms with Crippen LogP contribution >= 0.6 is 0 Å². The molecule has 0 radical (unpaired) electrons. The van der Waals surface area contributed by atoms with Crippen LogP contribution in [0.25, 0.3) is 11.3 Å². The van der Waals surface area contributed by atoms with Gasteiger partial charge in [-0.15, -0.1) is 0 Å². The van der Waals surface area contributed by atoms with E-state index in [9.17, 15) is 24.5 Å². The summed E-state index contributed by atoms with van der Waals surface area (Å²) in [6, 6.07) is 13.6. The molecule has 0 fully saturated rings. The molecule has 152 valence electrons. The molecule has 1 aromatic heterocycles. The van der Waals surface area contributed by atoms with Crippen LogP contribution in [0.5, 0.6) is 0 Å². The Morgan fingerprint density at radius 3 is 2.13 bits per heavy atom. The molecule has 0 saturated heterocycles. The molecule has 0 atom stereocenters. The van der Waals surface area contributed by atoms with E-state index in [4.69, 9.17) is 9.47 Å². The number of nitrogens with one attached hydrogen (secondary N) is 1. The van der Waals surface area contributed by atoms with E-state index < -0.39 is 22.6 Å². The Morgan fingerprint density at radius 2 is 1.53 bits per heavy atom. The zero-order chi connectivity index (χ0) is 21.8. The number of nitro benzene ring substituents is 1. The van der Waals surface area contributed by atoms with Crippen molar-refractivity contribution in [2.24, 2.45) is 0 Å². The van der Waals surface area contributed by atoms with Crippen LogP contribution in [0.15, 0.2) is 54.6 Å². The molecule has 0 aliphatic carbocycles. The molecule has 0 unspecified atom stereocenters. The van der Waals surface area contributed by atoms with E-state index >= 15 is 0 Å². The van der Waals surface area contributed by atoms with Gasteiger partial charge >= 0.3 is 11.9 Å². The van der Waals surface area contributed by atoms with Crippen LogP contribution in [0, 0.1) is 10.1 Å². The van der Waals surface area contributed by atoms with Gasteiger partial charge in [-0.05, 0) is 5.56 Å². The molecule has 0 amide bonds. The molecule has 9 nitrogen and oxygen atoms in total. The lowest BCUT2D eigenvalue weighted by molar-refractivity contribution is -0.384. The standard InChI is InChI=1S/C21H16N2O7/c1-29-20(25)15-16(21(26)30-2)18(22-17(15)12-7-4-3-5-8-12)19(24)13-9-6-10-14(11-13)23(27)28/h3-11,22H,1-2H3. The number of methoxy groups -OCH3 is 2. The summed E-state index contributed by atoms with van der Waals surface area (Å²) in [4.78, 5) is 51.4. The molecule has 3 rings (SSSR count). The molecule has 3 aromatic rings. The summed E-state index contributed by atoms with van der Waals surface area (Å²) in [5.41, 5.74) is -0.307. The first-order valence-corrected chi connectivity index (χ1v) is 8.66. The number of H-pyrrole nitrogens is 1. The summed E-state index contributed by atoms with van der Waals surface area (Å²) in [7, 11) is 2.26. The second-order valence-corrected chi connectivity index (χ2v) is 6.11. The third kappa shape index (κ3) is 3.68. The minimum atomic E-state index is -0.928. The van der Waals surface area contributed by atoms with Crippen LogP contribution in [-0.2, 0) is 9.47 Å². The van der Waals surface area contributed by atoms with Gasteiger partial charge in [-0.25, -0.2) is 9.59 Å². The van der Waals surface area contributed by atoms with E-state index in [1.165, 1.54) is 18.2 Å². The minimum Gasteiger partial charge on any atom is -0.465 e. The van der Waals surface area contributed by atoms with Crippen LogP contribution < -0.4 is 0 Å². The van der Waals surface area contributed by atoms with E-state index in [2.05, 4.69) is 4.98 Å². The quantitative estimate of drug-likeness (QED) is 0.286. The minimum absolute atomic E-state index is 0.0355. The molecule has 9 heteroatoms. The number of nitrogens with zero attached hydrogens (tertiary/aromatic N) is 1. The highest BCUT2D eigenvalue weighted by atomic mass is 16.6. The van der Waals surface area contributed by atoms with Gasteiger partial charge in [0.15, 0.2) is 0 Å². The molecule has 30 heavy (non-hydrogen) atoms. The largest absolute Gasteiger partial charge is 0.465 e. The molecule has 0 saturated carbocycles. The predicted molar refractivity (Wildman–Crippen MR) is 105 cm³/mol. The number of non-ortho nitro benzene ring substituents is 1. The SMILES string of the molecule is COC(=O)c1c(C(=O)c2cccc([N+](=O)[O-])c2)[nH]c(-c2ccccc2)c1C(=O)OC. The Kier molecular flexibility index (Phi) is 5.73. The average molecular weight is 408 g/mol. The number of aromatic amines is 1. The molecule has 1 heterocycles. The van der Waals surface area contributed by atoms with Crippen LogP contribution in [-0.4, -0.2) is 41.8 Å². The number of benzene rings is 2. The lowest BCUT2D eigenvalue weighted by atomic mass is 10.0. The Bertz CT molecular complexity index is 1150. The van der Waals surface area contributed by atoms with Crippen molar-refractivity contribution in [2.45, 2.75) is 0 Å². The molecule has 0 bridgehead atoms. The fraction of sp³-hybridized carbons (Fsp3) is 0.0952. The Labute approximate surface area is 170 Å². The van der Waals surface area contributed by atoms with Crippen LogP contribution in [0.4, 0.5) is 5.69 Å². The van der Waals surface area contributed by atoms with Crippen molar-refractivity contribution in [1.82, 2.24) is 4.98 Å². The fourth-order valence-corrected chi connectivity index (χ4v) is 3.01. The molecule has 1 N–H and O–H groups in total. The second kappa shape index (κ2) is 8.39. The summed E-state index contributed by atoms with van der Waals surface area (Å²) < 4.78 is 9.60.